The lowest BCUT2D eigenvalue weighted by molar-refractivity contribution is -0.137. The molecule has 3 rings (SSSR count). The Hall–Kier alpha value is -2.64. The van der Waals surface area contributed by atoms with Gasteiger partial charge in [0.05, 0.1) is 16.9 Å². The Kier molecular flexibility index (Phi) is 5.11. The largest absolute Gasteiger partial charge is 0.418 e. The second kappa shape index (κ2) is 7.31. The van der Waals surface area contributed by atoms with Crippen LogP contribution in [0.15, 0.2) is 36.4 Å². The lowest BCUT2D eigenvalue weighted by Gasteiger charge is -2.32. The topological polar surface area (TPSA) is 58.1 Å². The molecule has 0 atom stereocenters. The Morgan fingerprint density at radius 2 is 1.81 bits per heavy atom. The maximum atomic E-state index is 13.0. The molecule has 0 radical (unpaired) electrons. The molecule has 2 aromatic rings. The maximum Gasteiger partial charge on any atom is 0.418 e. The standard InChI is InChI=1S/C18H19F3N4O/c1-12-6-7-16(24-23-12)25-10-8-13(9-11-25)17(26)22-15-5-3-2-4-14(15)18(19,20)21/h2-7,13H,8-11H2,1H3,(H,22,26). The van der Waals surface area contributed by atoms with Gasteiger partial charge in [-0.2, -0.15) is 18.3 Å². The normalized spacial score (nSPS) is 15.8. The quantitative estimate of drug-likeness (QED) is 0.903. The number of carbonyl (C=O) groups is 1. The van der Waals surface area contributed by atoms with E-state index in [0.717, 1.165) is 17.6 Å². The minimum atomic E-state index is -4.50. The van der Waals surface area contributed by atoms with Gasteiger partial charge in [0.1, 0.15) is 0 Å². The first-order chi connectivity index (χ1) is 12.3. The number of hydrogen-bond donors (Lipinski definition) is 1. The molecule has 138 valence electrons. The van der Waals surface area contributed by atoms with Crippen LogP contribution >= 0.6 is 0 Å². The van der Waals surface area contributed by atoms with E-state index in [4.69, 9.17) is 0 Å². The number of piperidine rings is 1. The van der Waals surface area contributed by atoms with Crippen molar-refractivity contribution in [1.82, 2.24) is 10.2 Å². The van der Waals surface area contributed by atoms with Gasteiger partial charge in [-0.05, 0) is 44.0 Å². The highest BCUT2D eigenvalue weighted by molar-refractivity contribution is 5.93. The Morgan fingerprint density at radius 3 is 2.42 bits per heavy atom. The van der Waals surface area contributed by atoms with Gasteiger partial charge in [0.2, 0.25) is 5.91 Å². The molecule has 0 saturated carbocycles. The van der Waals surface area contributed by atoms with Crippen LogP contribution in [0.5, 0.6) is 0 Å². The van der Waals surface area contributed by atoms with Crippen LogP contribution in [0.1, 0.15) is 24.1 Å². The lowest BCUT2D eigenvalue weighted by atomic mass is 9.95. The van der Waals surface area contributed by atoms with Crippen molar-refractivity contribution in [1.29, 1.82) is 0 Å². The molecule has 1 saturated heterocycles. The third-order valence-corrected chi connectivity index (χ3v) is 4.46. The third-order valence-electron chi connectivity index (χ3n) is 4.46. The van der Waals surface area contributed by atoms with Crippen LogP contribution in [0.25, 0.3) is 0 Å². The fraction of sp³-hybridized carbons (Fsp3) is 0.389. The molecule has 1 aromatic heterocycles. The summed E-state index contributed by atoms with van der Waals surface area (Å²) >= 11 is 0. The number of benzene rings is 1. The molecule has 0 unspecified atom stereocenters. The van der Waals surface area contributed by atoms with E-state index < -0.39 is 11.7 Å². The van der Waals surface area contributed by atoms with Gasteiger partial charge in [0.25, 0.3) is 0 Å². The number of nitrogens with one attached hydrogen (secondary N) is 1. The van der Waals surface area contributed by atoms with E-state index in [-0.39, 0.29) is 17.5 Å². The molecule has 0 spiro atoms. The smallest absolute Gasteiger partial charge is 0.355 e. The third kappa shape index (κ3) is 4.12. The zero-order valence-electron chi connectivity index (χ0n) is 14.3. The molecule has 5 nitrogen and oxygen atoms in total. The minimum Gasteiger partial charge on any atom is -0.355 e. The number of aromatic nitrogens is 2. The van der Waals surface area contributed by atoms with Crippen LogP contribution in [0.4, 0.5) is 24.7 Å². The number of nitrogens with zero attached hydrogens (tertiary/aromatic N) is 3. The Labute approximate surface area is 149 Å². The first-order valence-electron chi connectivity index (χ1n) is 8.37. The van der Waals surface area contributed by atoms with E-state index in [1.165, 1.54) is 18.2 Å². The first kappa shape index (κ1) is 18.2. The van der Waals surface area contributed by atoms with E-state index in [2.05, 4.69) is 15.5 Å². The van der Waals surface area contributed by atoms with Crippen molar-refractivity contribution < 1.29 is 18.0 Å². The van der Waals surface area contributed by atoms with Gasteiger partial charge in [0, 0.05) is 19.0 Å². The molecule has 0 bridgehead atoms. The Balaban J connectivity index is 1.62. The monoisotopic (exact) mass is 364 g/mol. The van der Waals surface area contributed by atoms with Crippen LogP contribution in [-0.4, -0.2) is 29.2 Å². The van der Waals surface area contributed by atoms with Crippen molar-refractivity contribution in [3.8, 4) is 0 Å². The van der Waals surface area contributed by atoms with Crippen molar-refractivity contribution in [2.24, 2.45) is 5.92 Å². The van der Waals surface area contributed by atoms with Gasteiger partial charge in [-0.15, -0.1) is 5.10 Å². The summed E-state index contributed by atoms with van der Waals surface area (Å²) in [5.41, 5.74) is -0.205. The van der Waals surface area contributed by atoms with Crippen molar-refractivity contribution in [2.45, 2.75) is 25.9 Å². The fourth-order valence-electron chi connectivity index (χ4n) is 3.01. The minimum absolute atomic E-state index is 0.197. The second-order valence-electron chi connectivity index (χ2n) is 6.33. The Bertz CT molecular complexity index is 769. The van der Waals surface area contributed by atoms with Gasteiger partial charge in [-0.25, -0.2) is 0 Å². The molecular formula is C18H19F3N4O. The number of amides is 1. The van der Waals surface area contributed by atoms with Crippen molar-refractivity contribution in [3.05, 3.63) is 47.7 Å². The summed E-state index contributed by atoms with van der Waals surface area (Å²) < 4.78 is 39.1. The number of aryl methyl sites for hydroxylation is 1. The zero-order chi connectivity index (χ0) is 18.7. The van der Waals surface area contributed by atoms with E-state index >= 15 is 0 Å². The molecule has 1 amide bonds. The van der Waals surface area contributed by atoms with Crippen LogP contribution in [0.2, 0.25) is 0 Å². The molecule has 1 aliphatic rings. The number of anilines is 2. The number of halogens is 3. The zero-order valence-corrected chi connectivity index (χ0v) is 14.3. The number of carbonyl (C=O) groups excluding carboxylic acids is 1. The highest BCUT2D eigenvalue weighted by atomic mass is 19.4. The van der Waals surface area contributed by atoms with E-state index in [9.17, 15) is 18.0 Å². The number of para-hydroxylation sites is 1. The van der Waals surface area contributed by atoms with Crippen LogP contribution in [0.3, 0.4) is 0 Å². The van der Waals surface area contributed by atoms with Crippen molar-refractivity contribution >= 4 is 17.4 Å². The van der Waals surface area contributed by atoms with E-state index in [1.54, 1.807) is 0 Å². The number of alkyl halides is 3. The highest BCUT2D eigenvalue weighted by Gasteiger charge is 2.34. The molecule has 0 aliphatic carbocycles. The highest BCUT2D eigenvalue weighted by Crippen LogP contribution is 2.35. The van der Waals surface area contributed by atoms with Crippen molar-refractivity contribution in [3.63, 3.8) is 0 Å². The van der Waals surface area contributed by atoms with Crippen LogP contribution < -0.4 is 10.2 Å². The number of rotatable bonds is 3. The van der Waals surface area contributed by atoms with E-state index in [1.807, 2.05) is 24.0 Å². The van der Waals surface area contributed by atoms with E-state index in [0.29, 0.717) is 25.9 Å². The average Bonchev–Trinajstić information content (AvgIpc) is 2.62. The summed E-state index contributed by atoms with van der Waals surface area (Å²) in [4.78, 5) is 14.4. The van der Waals surface area contributed by atoms with Gasteiger partial charge >= 0.3 is 6.18 Å². The molecule has 8 heteroatoms. The van der Waals surface area contributed by atoms with Gasteiger partial charge in [-0.1, -0.05) is 12.1 Å². The first-order valence-corrected chi connectivity index (χ1v) is 8.37. The summed E-state index contributed by atoms with van der Waals surface area (Å²) in [6.45, 7) is 3.07. The lowest BCUT2D eigenvalue weighted by Crippen LogP contribution is -2.38. The van der Waals surface area contributed by atoms with Gasteiger partial charge < -0.3 is 10.2 Å². The second-order valence-corrected chi connectivity index (χ2v) is 6.33. The van der Waals surface area contributed by atoms with Gasteiger partial charge in [-0.3, -0.25) is 4.79 Å². The predicted octanol–water partition coefficient (Wildman–Crippen LogP) is 3.66. The predicted molar refractivity (Wildman–Crippen MR) is 91.8 cm³/mol. The summed E-state index contributed by atoms with van der Waals surface area (Å²) in [6, 6.07) is 8.77. The Morgan fingerprint density at radius 1 is 1.12 bits per heavy atom. The van der Waals surface area contributed by atoms with Gasteiger partial charge in [0.15, 0.2) is 5.82 Å². The molecule has 1 N–H and O–H groups in total. The molecule has 1 fully saturated rings. The molecule has 2 heterocycles. The fourth-order valence-corrected chi connectivity index (χ4v) is 3.01. The maximum absolute atomic E-state index is 13.0. The van der Waals surface area contributed by atoms with Crippen molar-refractivity contribution in [2.75, 3.05) is 23.3 Å². The molecule has 1 aliphatic heterocycles. The van der Waals surface area contributed by atoms with Crippen LogP contribution in [0, 0.1) is 12.8 Å². The van der Waals surface area contributed by atoms with Crippen LogP contribution in [-0.2, 0) is 11.0 Å². The number of hydrogen-bond acceptors (Lipinski definition) is 4. The summed E-state index contributed by atoms with van der Waals surface area (Å²) in [6.07, 6.45) is -3.40. The SMILES string of the molecule is Cc1ccc(N2CCC(C(=O)Nc3ccccc3C(F)(F)F)CC2)nn1. The summed E-state index contributed by atoms with van der Waals surface area (Å²) in [5, 5.41) is 10.6. The average molecular weight is 364 g/mol. The molecule has 26 heavy (non-hydrogen) atoms. The summed E-state index contributed by atoms with van der Waals surface area (Å²) in [7, 11) is 0. The molecular weight excluding hydrogens is 345 g/mol. The summed E-state index contributed by atoms with van der Waals surface area (Å²) in [5.74, 6) is 0.0409. The molecule has 1 aromatic carbocycles.